The fourth-order valence-electron chi connectivity index (χ4n) is 2.85. The zero-order valence-corrected chi connectivity index (χ0v) is 18.2. The summed E-state index contributed by atoms with van der Waals surface area (Å²) in [5, 5.41) is 3.20. The van der Waals surface area contributed by atoms with E-state index >= 15 is 0 Å². The molecule has 1 N–H and O–H groups in total. The van der Waals surface area contributed by atoms with E-state index < -0.39 is 5.24 Å². The predicted molar refractivity (Wildman–Crippen MR) is 115 cm³/mol. The number of aromatic nitrogens is 3. The van der Waals surface area contributed by atoms with Crippen LogP contribution in [0.4, 0.5) is 16.8 Å². The molecule has 1 aliphatic rings. The number of aryl methyl sites for hydroxylation is 1. The van der Waals surface area contributed by atoms with Gasteiger partial charge in [0.2, 0.25) is 0 Å². The molecule has 0 unspecified atom stereocenters. The van der Waals surface area contributed by atoms with Crippen molar-refractivity contribution in [2.75, 3.05) is 61.7 Å². The van der Waals surface area contributed by atoms with Crippen molar-refractivity contribution in [1.82, 2.24) is 19.9 Å². The number of nitrogens with one attached hydrogen (secondary N) is 1. The largest absolute Gasteiger partial charge is 0.370 e. The monoisotopic (exact) mass is 442 g/mol. The maximum atomic E-state index is 11.2. The molecule has 0 atom stereocenters. The lowest BCUT2D eigenvalue weighted by Gasteiger charge is -2.35. The molecular formula is C17H23ClN6O2S2. The number of hydrogen-bond acceptors (Lipinski definition) is 10. The van der Waals surface area contributed by atoms with Crippen LogP contribution >= 0.6 is 34.7 Å². The Hall–Kier alpha value is -1.46. The number of nitrogens with zero attached hydrogens (tertiary/aromatic N) is 5. The first kappa shape index (κ1) is 21.3. The van der Waals surface area contributed by atoms with Gasteiger partial charge in [-0.1, -0.05) is 11.3 Å². The van der Waals surface area contributed by atoms with Gasteiger partial charge in [-0.3, -0.25) is 9.69 Å². The topological polar surface area (TPSA) is 83.5 Å². The highest BCUT2D eigenvalue weighted by Crippen LogP contribution is 2.25. The number of ether oxygens (including phenoxy) is 1. The highest BCUT2D eigenvalue weighted by Gasteiger charge is 2.19. The Balaban J connectivity index is 1.58. The van der Waals surface area contributed by atoms with E-state index in [1.807, 2.05) is 19.2 Å². The molecular weight excluding hydrogens is 420 g/mol. The number of anilines is 3. The molecule has 0 aromatic carbocycles. The van der Waals surface area contributed by atoms with Gasteiger partial charge in [0.05, 0.1) is 18.7 Å². The Morgan fingerprint density at radius 2 is 2.14 bits per heavy atom. The predicted octanol–water partition coefficient (Wildman–Crippen LogP) is 2.82. The van der Waals surface area contributed by atoms with Crippen LogP contribution in [-0.4, -0.2) is 76.6 Å². The van der Waals surface area contributed by atoms with Gasteiger partial charge in [-0.05, 0) is 24.8 Å². The van der Waals surface area contributed by atoms with Crippen LogP contribution in [-0.2, 0) is 4.74 Å². The van der Waals surface area contributed by atoms with Crippen molar-refractivity contribution in [3.05, 3.63) is 23.0 Å². The lowest BCUT2D eigenvalue weighted by atomic mass is 10.3. The number of piperazine rings is 1. The van der Waals surface area contributed by atoms with Crippen LogP contribution in [0.25, 0.3) is 0 Å². The molecule has 1 aliphatic heterocycles. The summed E-state index contributed by atoms with van der Waals surface area (Å²) in [5.74, 6) is 2.96. The number of rotatable bonds is 9. The zero-order valence-electron chi connectivity index (χ0n) is 15.9. The molecule has 1 fully saturated rings. The van der Waals surface area contributed by atoms with Crippen LogP contribution in [0, 0.1) is 6.92 Å². The minimum atomic E-state index is -0.512. The molecule has 0 saturated carbocycles. The maximum Gasteiger partial charge on any atom is 0.264 e. The fraction of sp³-hybridized carbons (Fsp3) is 0.529. The van der Waals surface area contributed by atoms with Crippen LogP contribution in [0.2, 0.25) is 0 Å². The Kier molecular flexibility index (Phi) is 7.86. The molecule has 2 aromatic heterocycles. The number of hydrogen-bond donors (Lipinski definition) is 1. The summed E-state index contributed by atoms with van der Waals surface area (Å²) in [7, 11) is 0. The van der Waals surface area contributed by atoms with E-state index in [1.165, 1.54) is 17.5 Å². The molecule has 3 rings (SSSR count). The van der Waals surface area contributed by atoms with E-state index in [2.05, 4.69) is 30.1 Å². The van der Waals surface area contributed by atoms with E-state index in [9.17, 15) is 4.79 Å². The van der Waals surface area contributed by atoms with Gasteiger partial charge < -0.3 is 15.0 Å². The van der Waals surface area contributed by atoms with E-state index in [-0.39, 0.29) is 0 Å². The maximum absolute atomic E-state index is 11.2. The summed E-state index contributed by atoms with van der Waals surface area (Å²) in [6.45, 7) is 7.34. The fourth-order valence-corrected chi connectivity index (χ4v) is 3.95. The normalized spacial score (nSPS) is 15.0. The molecule has 152 valence electrons. The third-order valence-electron chi connectivity index (χ3n) is 4.21. The van der Waals surface area contributed by atoms with E-state index in [0.29, 0.717) is 21.7 Å². The highest BCUT2D eigenvalue weighted by atomic mass is 35.5. The summed E-state index contributed by atoms with van der Waals surface area (Å²) in [6.07, 6.45) is 3.50. The molecule has 0 aliphatic carbocycles. The summed E-state index contributed by atoms with van der Waals surface area (Å²) in [5.41, 5.74) is 0. The zero-order chi connectivity index (χ0) is 19.9. The molecule has 1 saturated heterocycles. The average molecular weight is 443 g/mol. The van der Waals surface area contributed by atoms with Gasteiger partial charge in [-0.25, -0.2) is 15.0 Å². The smallest absolute Gasteiger partial charge is 0.264 e. The Morgan fingerprint density at radius 3 is 2.82 bits per heavy atom. The molecule has 8 nitrogen and oxygen atoms in total. The Morgan fingerprint density at radius 1 is 1.36 bits per heavy atom. The summed E-state index contributed by atoms with van der Waals surface area (Å²) < 4.78 is 5.55. The van der Waals surface area contributed by atoms with Gasteiger partial charge in [0.15, 0.2) is 5.13 Å². The van der Waals surface area contributed by atoms with Crippen LogP contribution in [0.5, 0.6) is 0 Å². The van der Waals surface area contributed by atoms with Gasteiger partial charge in [-0.2, -0.15) is 0 Å². The SMILES string of the molecule is CSCOCCN1CCN(c2cc(Nc3ncc(C(=O)Cl)s3)nc(C)n2)CC1. The first-order chi connectivity index (χ1) is 13.5. The first-order valence-corrected chi connectivity index (χ1v) is 11.5. The third kappa shape index (κ3) is 6.02. The summed E-state index contributed by atoms with van der Waals surface area (Å²) >= 11 is 8.38. The summed E-state index contributed by atoms with van der Waals surface area (Å²) in [4.78, 5) is 29.4. The minimum Gasteiger partial charge on any atom is -0.370 e. The average Bonchev–Trinajstić information content (AvgIpc) is 3.14. The van der Waals surface area contributed by atoms with Crippen molar-refractivity contribution >= 4 is 56.7 Å². The second kappa shape index (κ2) is 10.4. The first-order valence-electron chi connectivity index (χ1n) is 8.87. The lowest BCUT2D eigenvalue weighted by Crippen LogP contribution is -2.47. The van der Waals surface area contributed by atoms with Crippen LogP contribution < -0.4 is 10.2 Å². The van der Waals surface area contributed by atoms with E-state index in [1.54, 1.807) is 11.8 Å². The van der Waals surface area contributed by atoms with Crippen molar-refractivity contribution in [2.24, 2.45) is 0 Å². The lowest BCUT2D eigenvalue weighted by molar-refractivity contribution is 0.108. The Bertz CT molecular complexity index is 798. The molecule has 0 radical (unpaired) electrons. The quantitative estimate of drug-likeness (QED) is 0.358. The standard InChI is InChI=1S/C17H23ClN6O2S2/c1-12-20-14(22-17-19-10-13(28-17)16(18)25)9-15(21-12)24-5-3-23(4-6-24)7-8-26-11-27-2/h9-10H,3-8,11H2,1-2H3,(H,19,20,21,22). The third-order valence-corrected chi connectivity index (χ3v) is 5.84. The molecule has 3 heterocycles. The highest BCUT2D eigenvalue weighted by molar-refractivity contribution is 7.98. The minimum absolute atomic E-state index is 0.396. The molecule has 0 bridgehead atoms. The number of thiazole rings is 1. The van der Waals surface area contributed by atoms with Crippen molar-refractivity contribution in [2.45, 2.75) is 6.92 Å². The van der Waals surface area contributed by atoms with Gasteiger partial charge in [0.25, 0.3) is 5.24 Å². The second-order valence-electron chi connectivity index (χ2n) is 6.23. The Labute approximate surface area is 177 Å². The number of halogens is 1. The van der Waals surface area contributed by atoms with Crippen molar-refractivity contribution in [1.29, 1.82) is 0 Å². The molecule has 11 heteroatoms. The van der Waals surface area contributed by atoms with Gasteiger partial charge >= 0.3 is 0 Å². The molecule has 2 aromatic rings. The van der Waals surface area contributed by atoms with Crippen molar-refractivity contribution in [3.8, 4) is 0 Å². The van der Waals surface area contributed by atoms with Gasteiger partial charge in [-0.15, -0.1) is 11.8 Å². The summed E-state index contributed by atoms with van der Waals surface area (Å²) in [6, 6.07) is 1.91. The number of thioether (sulfide) groups is 1. The second-order valence-corrected chi connectivity index (χ2v) is 8.42. The van der Waals surface area contributed by atoms with Crippen molar-refractivity contribution in [3.63, 3.8) is 0 Å². The van der Waals surface area contributed by atoms with Gasteiger partial charge in [0, 0.05) is 38.8 Å². The van der Waals surface area contributed by atoms with Gasteiger partial charge in [0.1, 0.15) is 22.3 Å². The number of carbonyl (C=O) groups excluding carboxylic acids is 1. The van der Waals surface area contributed by atoms with Crippen molar-refractivity contribution < 1.29 is 9.53 Å². The number of carbonyl (C=O) groups is 1. The van der Waals surface area contributed by atoms with E-state index in [0.717, 1.165) is 51.1 Å². The van der Waals surface area contributed by atoms with Crippen LogP contribution in [0.15, 0.2) is 12.3 Å². The van der Waals surface area contributed by atoms with Crippen LogP contribution in [0.1, 0.15) is 15.5 Å². The molecule has 0 spiro atoms. The molecule has 28 heavy (non-hydrogen) atoms. The van der Waals surface area contributed by atoms with Crippen LogP contribution in [0.3, 0.4) is 0 Å². The molecule has 0 amide bonds. The van der Waals surface area contributed by atoms with E-state index in [4.69, 9.17) is 16.3 Å².